The van der Waals surface area contributed by atoms with Crippen LogP contribution in [0, 0.1) is 12.8 Å². The molecule has 0 bridgehead atoms. The van der Waals surface area contributed by atoms with Gasteiger partial charge in [0.1, 0.15) is 17.3 Å². The summed E-state index contributed by atoms with van der Waals surface area (Å²) in [4.78, 5) is 21.9. The number of aromatic amines is 1. The minimum atomic E-state index is -0.324. The van der Waals surface area contributed by atoms with Crippen LogP contribution in [0.5, 0.6) is 11.5 Å². The highest BCUT2D eigenvalue weighted by molar-refractivity contribution is 5.98. The largest absolute Gasteiger partial charge is 0.492 e. The van der Waals surface area contributed by atoms with Gasteiger partial charge < -0.3 is 20.1 Å². The molecular weight excluding hydrogens is 468 g/mol. The van der Waals surface area contributed by atoms with Crippen LogP contribution in [0.4, 0.5) is 11.6 Å². The Hall–Kier alpha value is -4.14. The highest BCUT2D eigenvalue weighted by Gasteiger charge is 2.18. The number of hydrogen-bond acceptors (Lipinski definition) is 7. The van der Waals surface area contributed by atoms with Crippen LogP contribution in [0.15, 0.2) is 48.7 Å². The van der Waals surface area contributed by atoms with Crippen molar-refractivity contribution >= 4 is 28.4 Å². The number of nitrogens with one attached hydrogen (secondary N) is 3. The summed E-state index contributed by atoms with van der Waals surface area (Å²) in [6.07, 6.45) is 1.74. The molecule has 0 fully saturated rings. The third-order valence-corrected chi connectivity index (χ3v) is 5.30. The van der Waals surface area contributed by atoms with E-state index in [0.717, 1.165) is 27.8 Å². The molecule has 2 heterocycles. The molecule has 4 rings (SSSR count). The van der Waals surface area contributed by atoms with Gasteiger partial charge in [0.15, 0.2) is 18.2 Å². The zero-order valence-electron chi connectivity index (χ0n) is 22.2. The van der Waals surface area contributed by atoms with Crippen molar-refractivity contribution in [1.82, 2.24) is 25.5 Å². The molecule has 0 saturated carbocycles. The van der Waals surface area contributed by atoms with Crippen molar-refractivity contribution < 1.29 is 14.3 Å². The van der Waals surface area contributed by atoms with Crippen LogP contribution in [-0.4, -0.2) is 44.8 Å². The standard InChI is InChI=1S/C28H34N6O3/c1-17(2)15-37-25-18(3)10-11-21-24(25)27(31-22-12-13-29-34-22)32-26(30-21)19-8-7-9-20(14-19)36-16-23(35)33-28(4,5)6/h7-14,17H,15-16H2,1-6H3,(H,33,35)(H2,29,30,31,32,34). The van der Waals surface area contributed by atoms with Gasteiger partial charge in [0, 0.05) is 23.4 Å². The van der Waals surface area contributed by atoms with Crippen molar-refractivity contribution in [2.75, 3.05) is 18.5 Å². The first-order valence-corrected chi connectivity index (χ1v) is 12.3. The zero-order chi connectivity index (χ0) is 26.6. The van der Waals surface area contributed by atoms with Crippen molar-refractivity contribution in [2.24, 2.45) is 5.92 Å². The number of hydrogen-bond donors (Lipinski definition) is 3. The lowest BCUT2D eigenvalue weighted by Gasteiger charge is -2.20. The van der Waals surface area contributed by atoms with E-state index in [4.69, 9.17) is 19.4 Å². The number of H-pyrrole nitrogens is 1. The first kappa shape index (κ1) is 25.9. The van der Waals surface area contributed by atoms with Crippen molar-refractivity contribution in [3.05, 3.63) is 54.2 Å². The first-order valence-electron chi connectivity index (χ1n) is 12.3. The predicted octanol–water partition coefficient (Wildman–Crippen LogP) is 5.40. The number of benzene rings is 2. The normalized spacial score (nSPS) is 11.5. The second-order valence-electron chi connectivity index (χ2n) is 10.4. The Kier molecular flexibility index (Phi) is 7.61. The van der Waals surface area contributed by atoms with Gasteiger partial charge in [-0.15, -0.1) is 0 Å². The fraction of sp³-hybridized carbons (Fsp3) is 0.357. The van der Waals surface area contributed by atoms with E-state index in [1.165, 1.54) is 0 Å². The smallest absolute Gasteiger partial charge is 0.258 e. The summed E-state index contributed by atoms with van der Waals surface area (Å²) in [5, 5.41) is 14.0. The molecule has 2 aromatic heterocycles. The minimum Gasteiger partial charge on any atom is -0.492 e. The molecule has 0 saturated heterocycles. The number of fused-ring (bicyclic) bond motifs is 1. The fourth-order valence-electron chi connectivity index (χ4n) is 3.73. The number of aromatic nitrogens is 4. The van der Waals surface area contributed by atoms with Crippen LogP contribution in [0.2, 0.25) is 0 Å². The van der Waals surface area contributed by atoms with Crippen LogP contribution >= 0.6 is 0 Å². The Labute approximate surface area is 217 Å². The highest BCUT2D eigenvalue weighted by Crippen LogP contribution is 2.36. The summed E-state index contributed by atoms with van der Waals surface area (Å²) in [5.74, 6) is 3.21. The van der Waals surface area contributed by atoms with Gasteiger partial charge >= 0.3 is 0 Å². The Morgan fingerprint density at radius 2 is 1.89 bits per heavy atom. The molecule has 3 N–H and O–H groups in total. The van der Waals surface area contributed by atoms with Crippen LogP contribution in [-0.2, 0) is 4.79 Å². The average Bonchev–Trinajstić information content (AvgIpc) is 3.34. The Morgan fingerprint density at radius 1 is 1.08 bits per heavy atom. The number of nitrogens with zero attached hydrogens (tertiary/aromatic N) is 3. The summed E-state index contributed by atoms with van der Waals surface area (Å²) in [6.45, 7) is 12.5. The van der Waals surface area contributed by atoms with E-state index in [9.17, 15) is 4.79 Å². The van der Waals surface area contributed by atoms with E-state index in [2.05, 4.69) is 34.7 Å². The van der Waals surface area contributed by atoms with E-state index in [1.807, 2.05) is 64.1 Å². The van der Waals surface area contributed by atoms with Crippen molar-refractivity contribution in [3.63, 3.8) is 0 Å². The van der Waals surface area contributed by atoms with Gasteiger partial charge in [-0.2, -0.15) is 5.10 Å². The van der Waals surface area contributed by atoms with Crippen LogP contribution in [0.25, 0.3) is 22.3 Å². The van der Waals surface area contributed by atoms with Gasteiger partial charge in [0.2, 0.25) is 0 Å². The number of amides is 1. The fourth-order valence-corrected chi connectivity index (χ4v) is 3.73. The molecule has 0 aliphatic rings. The van der Waals surface area contributed by atoms with Gasteiger partial charge in [-0.25, -0.2) is 9.97 Å². The second kappa shape index (κ2) is 10.9. The molecule has 9 heteroatoms. The van der Waals surface area contributed by atoms with Crippen molar-refractivity contribution in [2.45, 2.75) is 47.1 Å². The van der Waals surface area contributed by atoms with Gasteiger partial charge in [-0.1, -0.05) is 32.0 Å². The topological polar surface area (TPSA) is 114 Å². The summed E-state index contributed by atoms with van der Waals surface area (Å²) in [5.41, 5.74) is 2.17. The van der Waals surface area contributed by atoms with Gasteiger partial charge in [-0.05, 0) is 57.4 Å². The summed E-state index contributed by atoms with van der Waals surface area (Å²) in [6, 6.07) is 13.2. The monoisotopic (exact) mass is 502 g/mol. The molecule has 9 nitrogen and oxygen atoms in total. The van der Waals surface area contributed by atoms with Crippen molar-refractivity contribution in [3.8, 4) is 22.9 Å². The lowest BCUT2D eigenvalue weighted by molar-refractivity contribution is -0.124. The van der Waals surface area contributed by atoms with E-state index in [0.29, 0.717) is 35.7 Å². The summed E-state index contributed by atoms with van der Waals surface area (Å²) < 4.78 is 12.0. The number of carbonyl (C=O) groups is 1. The van der Waals surface area contributed by atoms with E-state index >= 15 is 0 Å². The Morgan fingerprint density at radius 3 is 2.59 bits per heavy atom. The maximum atomic E-state index is 12.2. The van der Waals surface area contributed by atoms with Crippen LogP contribution in [0.1, 0.15) is 40.2 Å². The maximum absolute atomic E-state index is 12.2. The molecule has 0 spiro atoms. The Bertz CT molecular complexity index is 1380. The second-order valence-corrected chi connectivity index (χ2v) is 10.4. The molecule has 2 aromatic carbocycles. The van der Waals surface area contributed by atoms with E-state index < -0.39 is 0 Å². The molecule has 194 valence electrons. The SMILES string of the molecule is Cc1ccc2nc(-c3cccc(OCC(=O)NC(C)(C)C)c3)nc(Nc3cc[nH]n3)c2c1OCC(C)C. The van der Waals surface area contributed by atoms with E-state index in [1.54, 1.807) is 12.3 Å². The first-order chi connectivity index (χ1) is 17.6. The molecule has 1 amide bonds. The minimum absolute atomic E-state index is 0.0822. The van der Waals surface area contributed by atoms with Gasteiger partial charge in [0.05, 0.1) is 17.5 Å². The average molecular weight is 503 g/mol. The number of rotatable bonds is 9. The molecular formula is C28H34N6O3. The van der Waals surface area contributed by atoms with E-state index in [-0.39, 0.29) is 18.1 Å². The Balaban J connectivity index is 1.71. The summed E-state index contributed by atoms with van der Waals surface area (Å²) >= 11 is 0. The number of ether oxygens (including phenoxy) is 2. The summed E-state index contributed by atoms with van der Waals surface area (Å²) in [7, 11) is 0. The molecule has 0 atom stereocenters. The molecule has 4 aromatic rings. The number of carbonyl (C=O) groups excluding carboxylic acids is 1. The molecule has 0 radical (unpaired) electrons. The zero-order valence-corrected chi connectivity index (χ0v) is 22.2. The third kappa shape index (κ3) is 6.75. The lowest BCUT2D eigenvalue weighted by Crippen LogP contribution is -2.43. The quantitative estimate of drug-likeness (QED) is 0.281. The molecule has 0 aliphatic carbocycles. The van der Waals surface area contributed by atoms with Gasteiger partial charge in [-0.3, -0.25) is 9.89 Å². The predicted molar refractivity (Wildman–Crippen MR) is 145 cm³/mol. The third-order valence-electron chi connectivity index (χ3n) is 5.30. The molecule has 0 aliphatic heterocycles. The maximum Gasteiger partial charge on any atom is 0.258 e. The lowest BCUT2D eigenvalue weighted by atomic mass is 10.1. The van der Waals surface area contributed by atoms with Gasteiger partial charge in [0.25, 0.3) is 5.91 Å². The van der Waals surface area contributed by atoms with Crippen molar-refractivity contribution in [1.29, 1.82) is 0 Å². The molecule has 0 unspecified atom stereocenters. The number of anilines is 2. The van der Waals surface area contributed by atoms with Crippen LogP contribution < -0.4 is 20.1 Å². The molecule has 37 heavy (non-hydrogen) atoms. The number of aryl methyl sites for hydroxylation is 1. The highest BCUT2D eigenvalue weighted by atomic mass is 16.5. The van der Waals surface area contributed by atoms with Crippen LogP contribution in [0.3, 0.4) is 0 Å².